The summed E-state index contributed by atoms with van der Waals surface area (Å²) < 4.78 is 30.6. The highest BCUT2D eigenvalue weighted by Gasteiger charge is 2.14. The van der Waals surface area contributed by atoms with Crippen molar-refractivity contribution in [2.75, 3.05) is 26.5 Å². The Morgan fingerprint density at radius 2 is 2.03 bits per heavy atom. The number of nitrogens with zero attached hydrogens (tertiary/aromatic N) is 2. The zero-order valence-corrected chi connectivity index (χ0v) is 20.0. The summed E-state index contributed by atoms with van der Waals surface area (Å²) in [4.78, 5) is 30.2. The molecule has 1 aromatic heterocycles. The molecular formula is C23H25N3O5S2. The molecule has 0 aliphatic rings. The number of carbonyl (C=O) groups excluding carboxylic acids is 1. The molecule has 0 fully saturated rings. The third-order valence-corrected chi connectivity index (χ3v) is 6.46. The van der Waals surface area contributed by atoms with Gasteiger partial charge in [0.1, 0.15) is 5.75 Å². The molecule has 0 saturated carbocycles. The number of H-pyrrole nitrogens is 1. The van der Waals surface area contributed by atoms with Crippen LogP contribution in [0.15, 0.2) is 64.8 Å². The van der Waals surface area contributed by atoms with Crippen LogP contribution >= 0.6 is 12.2 Å². The van der Waals surface area contributed by atoms with Gasteiger partial charge in [-0.15, -0.1) is 6.58 Å². The van der Waals surface area contributed by atoms with Gasteiger partial charge < -0.3 is 14.6 Å². The Labute approximate surface area is 197 Å². The fraction of sp³-hybridized carbons (Fsp3) is 0.261. The van der Waals surface area contributed by atoms with E-state index in [2.05, 4.69) is 11.6 Å². The lowest BCUT2D eigenvalue weighted by atomic mass is 10.1. The van der Waals surface area contributed by atoms with Gasteiger partial charge in [0.2, 0.25) is 0 Å². The molecule has 0 aliphatic heterocycles. The Balaban J connectivity index is 1.64. The van der Waals surface area contributed by atoms with E-state index >= 15 is 0 Å². The van der Waals surface area contributed by atoms with Crippen LogP contribution in [0.25, 0.3) is 10.9 Å². The number of allylic oxidation sites excluding steroid dienone is 1. The molecule has 3 rings (SSSR count). The highest BCUT2D eigenvalue weighted by molar-refractivity contribution is 7.90. The van der Waals surface area contributed by atoms with Gasteiger partial charge in [-0.05, 0) is 55.0 Å². The van der Waals surface area contributed by atoms with Crippen LogP contribution in [0.5, 0.6) is 5.75 Å². The second-order valence-electron chi connectivity index (χ2n) is 7.57. The van der Waals surface area contributed by atoms with Crippen molar-refractivity contribution in [1.29, 1.82) is 0 Å². The van der Waals surface area contributed by atoms with Gasteiger partial charge in [-0.2, -0.15) is 0 Å². The zero-order valence-electron chi connectivity index (χ0n) is 18.4. The molecule has 0 aliphatic carbocycles. The van der Waals surface area contributed by atoms with Crippen molar-refractivity contribution in [3.63, 3.8) is 0 Å². The Bertz CT molecular complexity index is 1420. The normalized spacial score (nSPS) is 11.3. The molecule has 33 heavy (non-hydrogen) atoms. The van der Waals surface area contributed by atoms with Gasteiger partial charge in [-0.1, -0.05) is 12.1 Å². The molecule has 1 amide bonds. The highest BCUT2D eigenvalue weighted by Crippen LogP contribution is 2.18. The minimum absolute atomic E-state index is 0.193. The van der Waals surface area contributed by atoms with Gasteiger partial charge in [0.05, 0.1) is 22.4 Å². The van der Waals surface area contributed by atoms with E-state index in [1.54, 1.807) is 48.4 Å². The van der Waals surface area contributed by atoms with Gasteiger partial charge >= 0.3 is 0 Å². The van der Waals surface area contributed by atoms with Crippen LogP contribution < -0.4 is 10.3 Å². The molecular weight excluding hydrogens is 462 g/mol. The van der Waals surface area contributed by atoms with E-state index in [-0.39, 0.29) is 21.1 Å². The summed E-state index contributed by atoms with van der Waals surface area (Å²) in [5.74, 6) is 0.254. The maximum absolute atomic E-state index is 12.8. The third-order valence-electron chi connectivity index (χ3n) is 5.03. The minimum atomic E-state index is -3.31. The Kier molecular flexibility index (Phi) is 7.50. The summed E-state index contributed by atoms with van der Waals surface area (Å²) in [6.45, 7) is 4.68. The number of amides is 1. The number of carbonyl (C=O) groups is 1. The smallest absolute Gasteiger partial charge is 0.262 e. The van der Waals surface area contributed by atoms with E-state index in [0.29, 0.717) is 48.3 Å². The lowest BCUT2D eigenvalue weighted by Gasteiger charge is -2.18. The number of hydrogen-bond donors (Lipinski definition) is 1. The third kappa shape index (κ3) is 5.77. The van der Waals surface area contributed by atoms with Crippen molar-refractivity contribution in [1.82, 2.24) is 14.5 Å². The molecule has 1 heterocycles. The first-order valence-corrected chi connectivity index (χ1v) is 12.5. The highest BCUT2D eigenvalue weighted by atomic mass is 32.2. The number of fused-ring (bicyclic) bond motifs is 1. The minimum Gasteiger partial charge on any atom is -0.493 e. The molecule has 8 nitrogen and oxygen atoms in total. The van der Waals surface area contributed by atoms with Crippen molar-refractivity contribution in [2.45, 2.75) is 17.9 Å². The van der Waals surface area contributed by atoms with Crippen molar-refractivity contribution >= 4 is 38.9 Å². The number of aromatic amines is 1. The summed E-state index contributed by atoms with van der Waals surface area (Å²) >= 11 is 5.25. The van der Waals surface area contributed by atoms with Gasteiger partial charge in [-0.25, -0.2) is 8.42 Å². The largest absolute Gasteiger partial charge is 0.493 e. The summed E-state index contributed by atoms with van der Waals surface area (Å²) in [6.07, 6.45) is 3.28. The number of sulfone groups is 1. The van der Waals surface area contributed by atoms with E-state index in [1.807, 2.05) is 0 Å². The van der Waals surface area contributed by atoms with Crippen LogP contribution in [-0.4, -0.2) is 55.2 Å². The molecule has 0 bridgehead atoms. The van der Waals surface area contributed by atoms with Gasteiger partial charge in [0, 0.05) is 32.0 Å². The molecule has 0 unspecified atom stereocenters. The van der Waals surface area contributed by atoms with E-state index in [4.69, 9.17) is 17.0 Å². The summed E-state index contributed by atoms with van der Waals surface area (Å²) in [7, 11) is -1.62. The molecule has 10 heteroatoms. The van der Waals surface area contributed by atoms with Gasteiger partial charge in [0.15, 0.2) is 14.6 Å². The number of hydrogen-bond acceptors (Lipinski definition) is 6. The van der Waals surface area contributed by atoms with Crippen molar-refractivity contribution in [3.8, 4) is 5.75 Å². The fourth-order valence-electron chi connectivity index (χ4n) is 3.29. The number of aromatic nitrogens is 2. The SMILES string of the molecule is C=CCn1c(=S)[nH]c2cc(C(=O)N(C)CCCOc3cccc(S(C)(=O)=O)c3)ccc2c1=O. The van der Waals surface area contributed by atoms with Crippen molar-refractivity contribution in [2.24, 2.45) is 0 Å². The van der Waals surface area contributed by atoms with E-state index < -0.39 is 9.84 Å². The second-order valence-corrected chi connectivity index (χ2v) is 9.97. The van der Waals surface area contributed by atoms with E-state index in [0.717, 1.165) is 6.26 Å². The van der Waals surface area contributed by atoms with Crippen molar-refractivity contribution < 1.29 is 17.9 Å². The predicted molar refractivity (Wildman–Crippen MR) is 130 cm³/mol. The zero-order chi connectivity index (χ0) is 24.2. The molecule has 0 atom stereocenters. The second kappa shape index (κ2) is 10.1. The summed E-state index contributed by atoms with van der Waals surface area (Å²) in [6, 6.07) is 11.2. The Morgan fingerprint density at radius 1 is 1.27 bits per heavy atom. The van der Waals surface area contributed by atoms with E-state index in [1.165, 1.54) is 16.7 Å². The molecule has 2 aromatic carbocycles. The lowest BCUT2D eigenvalue weighted by molar-refractivity contribution is 0.0788. The number of ether oxygens (including phenoxy) is 1. The van der Waals surface area contributed by atoms with Gasteiger partial charge in [-0.3, -0.25) is 14.2 Å². The molecule has 0 radical (unpaired) electrons. The Hall–Kier alpha value is -3.24. The fourth-order valence-corrected chi connectivity index (χ4v) is 4.21. The molecule has 0 spiro atoms. The van der Waals surface area contributed by atoms with Crippen LogP contribution in [0.4, 0.5) is 0 Å². The number of benzene rings is 2. The number of rotatable bonds is 9. The molecule has 1 N–H and O–H groups in total. The van der Waals surface area contributed by atoms with Crippen LogP contribution in [0, 0.1) is 4.77 Å². The molecule has 174 valence electrons. The van der Waals surface area contributed by atoms with E-state index in [9.17, 15) is 18.0 Å². The monoisotopic (exact) mass is 487 g/mol. The number of nitrogens with one attached hydrogen (secondary N) is 1. The van der Waals surface area contributed by atoms with Crippen LogP contribution in [0.3, 0.4) is 0 Å². The maximum Gasteiger partial charge on any atom is 0.262 e. The first-order chi connectivity index (χ1) is 15.6. The van der Waals surface area contributed by atoms with Crippen LogP contribution in [0.1, 0.15) is 16.8 Å². The first-order valence-electron chi connectivity index (χ1n) is 10.2. The van der Waals surface area contributed by atoms with Crippen LogP contribution in [0.2, 0.25) is 0 Å². The quantitative estimate of drug-likeness (QED) is 0.283. The Morgan fingerprint density at radius 3 is 2.73 bits per heavy atom. The molecule has 3 aromatic rings. The van der Waals surface area contributed by atoms with Crippen LogP contribution in [-0.2, 0) is 16.4 Å². The predicted octanol–water partition coefficient (Wildman–Crippen LogP) is 3.19. The lowest BCUT2D eigenvalue weighted by Crippen LogP contribution is -2.29. The van der Waals surface area contributed by atoms with Gasteiger partial charge in [0.25, 0.3) is 11.5 Å². The average molecular weight is 488 g/mol. The topological polar surface area (TPSA) is 101 Å². The molecule has 0 saturated heterocycles. The summed E-state index contributed by atoms with van der Waals surface area (Å²) in [5, 5.41) is 0.439. The maximum atomic E-state index is 12.8. The standard InChI is InChI=1S/C23H25N3O5S2/c1-4-11-26-22(28)19-10-9-16(14-20(19)24-23(26)32)21(27)25(2)12-6-13-31-17-7-5-8-18(15-17)33(3,29)30/h4-5,7-10,14-15H,1,6,11-13H2,2-3H3,(H,24,32). The first kappa shape index (κ1) is 24.4. The summed E-state index contributed by atoms with van der Waals surface area (Å²) in [5.41, 5.74) is 0.690. The van der Waals surface area contributed by atoms with Crippen molar-refractivity contribution in [3.05, 3.63) is 75.8 Å². The average Bonchev–Trinajstić information content (AvgIpc) is 2.78.